The number of hydrogen-bond acceptors (Lipinski definition) is 4. The van der Waals surface area contributed by atoms with Gasteiger partial charge in [0, 0.05) is 12.6 Å². The van der Waals surface area contributed by atoms with Gasteiger partial charge in [-0.3, -0.25) is 0 Å². The molecule has 3 nitrogen and oxygen atoms in total. The smallest absolute Gasteiger partial charge is 0.370 e. The molecule has 1 N–H and O–H groups in total. The maximum atomic E-state index is 12.5. The van der Waals surface area contributed by atoms with Crippen LogP contribution in [0.3, 0.4) is 0 Å². The molecule has 0 aliphatic heterocycles. The van der Waals surface area contributed by atoms with Gasteiger partial charge in [-0.1, -0.05) is 11.6 Å². The maximum Gasteiger partial charge on any atom is 0.451 e. The maximum absolute atomic E-state index is 12.5. The Kier molecular flexibility index (Phi) is 4.26. The number of nitrogens with one attached hydrogen (secondary N) is 1. The largest absolute Gasteiger partial charge is 0.451 e. The first-order valence-electron chi connectivity index (χ1n) is 5.32. The molecule has 2 rings (SSSR count). The molecule has 102 valence electrons. The summed E-state index contributed by atoms with van der Waals surface area (Å²) in [7, 11) is 0. The van der Waals surface area contributed by atoms with E-state index in [1.165, 1.54) is 6.07 Å². The number of nitrogens with zero attached hydrogens (tertiary/aromatic N) is 2. The predicted octanol–water partition coefficient (Wildman–Crippen LogP) is 3.86. The number of hydrogen-bond donors (Lipinski definition) is 1. The Bertz CT molecular complexity index is 543. The zero-order chi connectivity index (χ0) is 13.9. The highest BCUT2D eigenvalue weighted by atomic mass is 35.5. The summed E-state index contributed by atoms with van der Waals surface area (Å²) in [6.45, 7) is 0.474. The van der Waals surface area contributed by atoms with E-state index in [9.17, 15) is 13.2 Å². The van der Waals surface area contributed by atoms with Gasteiger partial charge in [-0.15, -0.1) is 0 Å². The van der Waals surface area contributed by atoms with Crippen LogP contribution in [-0.4, -0.2) is 16.5 Å². The minimum atomic E-state index is -4.60. The molecule has 19 heavy (non-hydrogen) atoms. The molecular weight excluding hydrogens is 299 g/mol. The summed E-state index contributed by atoms with van der Waals surface area (Å²) >= 11 is 7.12. The molecule has 0 aromatic carbocycles. The van der Waals surface area contributed by atoms with Crippen LogP contribution in [-0.2, 0) is 12.6 Å². The first kappa shape index (κ1) is 14.1. The quantitative estimate of drug-likeness (QED) is 0.872. The molecule has 0 saturated heterocycles. The number of anilines is 1. The highest BCUT2D eigenvalue weighted by molar-refractivity contribution is 7.07. The van der Waals surface area contributed by atoms with Crippen LogP contribution in [0.2, 0.25) is 5.15 Å². The lowest BCUT2D eigenvalue weighted by molar-refractivity contribution is -0.144. The normalized spacial score (nSPS) is 11.6. The number of aromatic nitrogens is 2. The standard InChI is InChI=1S/C11H9ClF3N3S/c12-8-5-9(18-10(17-8)11(13,14)15)16-3-1-7-2-4-19-6-7/h2,4-6H,1,3H2,(H,16,17,18). The van der Waals surface area contributed by atoms with Gasteiger partial charge in [0.2, 0.25) is 5.82 Å². The van der Waals surface area contributed by atoms with Crippen LogP contribution in [0.4, 0.5) is 19.0 Å². The molecular formula is C11H9ClF3N3S. The Labute approximate surface area is 116 Å². The molecule has 0 saturated carbocycles. The van der Waals surface area contributed by atoms with Crippen molar-refractivity contribution in [1.29, 1.82) is 0 Å². The van der Waals surface area contributed by atoms with Crippen molar-refractivity contribution in [3.05, 3.63) is 39.4 Å². The van der Waals surface area contributed by atoms with E-state index in [1.807, 2.05) is 16.8 Å². The molecule has 0 amide bonds. The topological polar surface area (TPSA) is 37.8 Å². The molecule has 0 fully saturated rings. The van der Waals surface area contributed by atoms with Gasteiger partial charge in [0.1, 0.15) is 11.0 Å². The van der Waals surface area contributed by atoms with Gasteiger partial charge in [-0.05, 0) is 28.8 Å². The van der Waals surface area contributed by atoms with E-state index in [0.29, 0.717) is 13.0 Å². The van der Waals surface area contributed by atoms with Crippen LogP contribution in [0.25, 0.3) is 0 Å². The van der Waals surface area contributed by atoms with Gasteiger partial charge in [0.05, 0.1) is 0 Å². The molecule has 0 spiro atoms. The zero-order valence-corrected chi connectivity index (χ0v) is 11.1. The minimum absolute atomic E-state index is 0.0718. The van der Waals surface area contributed by atoms with Crippen LogP contribution >= 0.6 is 22.9 Å². The summed E-state index contributed by atoms with van der Waals surface area (Å²) in [4.78, 5) is 6.55. The summed E-state index contributed by atoms with van der Waals surface area (Å²) in [6.07, 6.45) is -3.90. The third kappa shape index (κ3) is 4.07. The number of rotatable bonds is 4. The van der Waals surface area contributed by atoms with E-state index in [2.05, 4.69) is 15.3 Å². The first-order chi connectivity index (χ1) is 8.95. The molecule has 0 atom stereocenters. The molecule has 2 aromatic heterocycles. The second kappa shape index (κ2) is 5.75. The van der Waals surface area contributed by atoms with Crippen molar-refractivity contribution in [1.82, 2.24) is 9.97 Å². The Hall–Kier alpha value is -1.34. The molecule has 0 aliphatic rings. The minimum Gasteiger partial charge on any atom is -0.370 e. The average Bonchev–Trinajstić information content (AvgIpc) is 2.80. The number of thiophene rings is 1. The fourth-order valence-electron chi connectivity index (χ4n) is 1.40. The third-order valence-corrected chi connectivity index (χ3v) is 3.17. The summed E-state index contributed by atoms with van der Waals surface area (Å²) in [5.41, 5.74) is 1.12. The fourth-order valence-corrected chi connectivity index (χ4v) is 2.29. The molecule has 0 unspecified atom stereocenters. The molecule has 2 heterocycles. The van der Waals surface area contributed by atoms with Crippen molar-refractivity contribution in [2.24, 2.45) is 0 Å². The van der Waals surface area contributed by atoms with Crippen LogP contribution in [0.15, 0.2) is 22.9 Å². The van der Waals surface area contributed by atoms with E-state index >= 15 is 0 Å². The second-order valence-corrected chi connectivity index (χ2v) is 4.87. The molecule has 8 heteroatoms. The van der Waals surface area contributed by atoms with Crippen molar-refractivity contribution < 1.29 is 13.2 Å². The Morgan fingerprint density at radius 1 is 1.32 bits per heavy atom. The van der Waals surface area contributed by atoms with Crippen LogP contribution in [0.1, 0.15) is 11.4 Å². The highest BCUT2D eigenvalue weighted by Crippen LogP contribution is 2.28. The first-order valence-corrected chi connectivity index (χ1v) is 6.64. The molecule has 0 radical (unpaired) electrons. The number of halogens is 4. The van der Waals surface area contributed by atoms with Crippen molar-refractivity contribution >= 4 is 28.8 Å². The summed E-state index contributed by atoms with van der Waals surface area (Å²) < 4.78 is 37.4. The van der Waals surface area contributed by atoms with Gasteiger partial charge in [-0.25, -0.2) is 9.97 Å². The Balaban J connectivity index is 2.02. The lowest BCUT2D eigenvalue weighted by Gasteiger charge is -2.09. The lowest BCUT2D eigenvalue weighted by Crippen LogP contribution is -2.14. The lowest BCUT2D eigenvalue weighted by atomic mass is 10.2. The van der Waals surface area contributed by atoms with Crippen molar-refractivity contribution in [3.63, 3.8) is 0 Å². The van der Waals surface area contributed by atoms with Gasteiger partial charge in [0.25, 0.3) is 0 Å². The fraction of sp³-hybridized carbons (Fsp3) is 0.273. The molecule has 2 aromatic rings. The highest BCUT2D eigenvalue weighted by Gasteiger charge is 2.35. The van der Waals surface area contributed by atoms with Crippen LogP contribution in [0, 0.1) is 0 Å². The van der Waals surface area contributed by atoms with Crippen LogP contribution in [0.5, 0.6) is 0 Å². The van der Waals surface area contributed by atoms with E-state index < -0.39 is 12.0 Å². The summed E-state index contributed by atoms with van der Waals surface area (Å²) in [5, 5.41) is 6.49. The average molecular weight is 308 g/mol. The van der Waals surface area contributed by atoms with Gasteiger partial charge in [0.15, 0.2) is 0 Å². The van der Waals surface area contributed by atoms with E-state index in [-0.39, 0.29) is 11.0 Å². The van der Waals surface area contributed by atoms with Crippen molar-refractivity contribution in [2.45, 2.75) is 12.6 Å². The molecule has 0 aliphatic carbocycles. The van der Waals surface area contributed by atoms with Crippen LogP contribution < -0.4 is 5.32 Å². The van der Waals surface area contributed by atoms with Crippen molar-refractivity contribution in [2.75, 3.05) is 11.9 Å². The van der Waals surface area contributed by atoms with E-state index in [0.717, 1.165) is 5.56 Å². The van der Waals surface area contributed by atoms with E-state index in [1.54, 1.807) is 11.3 Å². The monoisotopic (exact) mass is 307 g/mol. The van der Waals surface area contributed by atoms with E-state index in [4.69, 9.17) is 11.6 Å². The number of alkyl halides is 3. The van der Waals surface area contributed by atoms with Gasteiger partial charge in [-0.2, -0.15) is 24.5 Å². The third-order valence-electron chi connectivity index (χ3n) is 2.25. The van der Waals surface area contributed by atoms with Gasteiger partial charge >= 0.3 is 6.18 Å². The summed E-state index contributed by atoms with van der Waals surface area (Å²) in [5.74, 6) is -1.17. The Morgan fingerprint density at radius 2 is 2.11 bits per heavy atom. The molecule has 0 bridgehead atoms. The zero-order valence-electron chi connectivity index (χ0n) is 9.54. The second-order valence-electron chi connectivity index (χ2n) is 3.71. The summed E-state index contributed by atoms with van der Waals surface area (Å²) in [6, 6.07) is 3.23. The van der Waals surface area contributed by atoms with Gasteiger partial charge < -0.3 is 5.32 Å². The SMILES string of the molecule is FC(F)(F)c1nc(Cl)cc(NCCc2ccsc2)n1. The predicted molar refractivity (Wildman–Crippen MR) is 68.6 cm³/mol. The Morgan fingerprint density at radius 3 is 2.74 bits per heavy atom. The van der Waals surface area contributed by atoms with Crippen molar-refractivity contribution in [3.8, 4) is 0 Å².